The predicted molar refractivity (Wildman–Crippen MR) is 64.8 cm³/mol. The van der Waals surface area contributed by atoms with E-state index in [0.717, 1.165) is 24.9 Å². The first kappa shape index (κ1) is 12.7. The van der Waals surface area contributed by atoms with Crippen LogP contribution in [0.15, 0.2) is 11.6 Å². The first-order valence-corrected chi connectivity index (χ1v) is 6.21. The molecule has 0 fully saturated rings. The van der Waals surface area contributed by atoms with Crippen LogP contribution in [0.3, 0.4) is 0 Å². The second-order valence-corrected chi connectivity index (χ2v) is 4.82. The average molecular weight is 211 g/mol. The van der Waals surface area contributed by atoms with Gasteiger partial charge in [0.1, 0.15) is 0 Å². The van der Waals surface area contributed by atoms with Crippen molar-refractivity contribution in [2.24, 2.45) is 11.8 Å². The highest BCUT2D eigenvalue weighted by Gasteiger charge is 2.18. The molecule has 88 valence electrons. The fourth-order valence-electron chi connectivity index (χ4n) is 2.27. The number of hydrogen-bond acceptors (Lipinski definition) is 2. The molecule has 0 bridgehead atoms. The Morgan fingerprint density at radius 3 is 2.93 bits per heavy atom. The second-order valence-electron chi connectivity index (χ2n) is 4.82. The van der Waals surface area contributed by atoms with Crippen LogP contribution in [0, 0.1) is 11.8 Å². The van der Waals surface area contributed by atoms with Gasteiger partial charge in [0.2, 0.25) is 0 Å². The summed E-state index contributed by atoms with van der Waals surface area (Å²) in [5.74, 6) is 1.69. The Hall–Kier alpha value is -0.340. The first-order chi connectivity index (χ1) is 7.24. The van der Waals surface area contributed by atoms with Gasteiger partial charge in [-0.05, 0) is 51.0 Å². The number of aliphatic hydroxyl groups excluding tert-OH is 1. The normalized spacial score (nSPS) is 23.7. The van der Waals surface area contributed by atoms with Crippen LogP contribution in [-0.4, -0.2) is 24.8 Å². The number of hydrogen-bond donors (Lipinski definition) is 2. The van der Waals surface area contributed by atoms with Crippen molar-refractivity contribution < 1.29 is 5.11 Å². The van der Waals surface area contributed by atoms with E-state index in [9.17, 15) is 0 Å². The molecule has 0 saturated heterocycles. The largest absolute Gasteiger partial charge is 0.395 e. The van der Waals surface area contributed by atoms with Gasteiger partial charge in [-0.1, -0.05) is 18.6 Å². The lowest BCUT2D eigenvalue weighted by Gasteiger charge is -2.26. The Bertz CT molecular complexity index is 201. The van der Waals surface area contributed by atoms with Crippen molar-refractivity contribution in [3.63, 3.8) is 0 Å². The van der Waals surface area contributed by atoms with Crippen LogP contribution in [-0.2, 0) is 0 Å². The smallest absolute Gasteiger partial charge is 0.0555 e. The van der Waals surface area contributed by atoms with Gasteiger partial charge in [-0.3, -0.25) is 0 Å². The molecule has 0 radical (unpaired) electrons. The van der Waals surface area contributed by atoms with E-state index in [1.165, 1.54) is 25.7 Å². The third-order valence-corrected chi connectivity index (χ3v) is 3.55. The average Bonchev–Trinajstić information content (AvgIpc) is 2.25. The maximum Gasteiger partial charge on any atom is 0.0555 e. The molecule has 0 aromatic heterocycles. The van der Waals surface area contributed by atoms with E-state index in [0.29, 0.717) is 0 Å². The Morgan fingerprint density at radius 1 is 1.53 bits per heavy atom. The predicted octanol–water partition coefficient (Wildman–Crippen LogP) is 2.34. The monoisotopic (exact) mass is 211 g/mol. The lowest BCUT2D eigenvalue weighted by Crippen LogP contribution is -2.23. The van der Waals surface area contributed by atoms with E-state index in [4.69, 9.17) is 5.11 Å². The highest BCUT2D eigenvalue weighted by Crippen LogP contribution is 2.30. The molecule has 2 N–H and O–H groups in total. The molecular formula is C13H25NO. The van der Waals surface area contributed by atoms with Crippen LogP contribution < -0.4 is 5.32 Å². The molecule has 0 aromatic carbocycles. The van der Waals surface area contributed by atoms with Gasteiger partial charge in [-0.25, -0.2) is 0 Å². The van der Waals surface area contributed by atoms with E-state index >= 15 is 0 Å². The zero-order valence-corrected chi connectivity index (χ0v) is 10.1. The van der Waals surface area contributed by atoms with Gasteiger partial charge in [0, 0.05) is 6.54 Å². The van der Waals surface area contributed by atoms with Crippen molar-refractivity contribution in [1.29, 1.82) is 0 Å². The number of allylic oxidation sites excluding steroid dienone is 2. The molecule has 0 saturated carbocycles. The van der Waals surface area contributed by atoms with E-state index in [1.54, 1.807) is 5.57 Å². The summed E-state index contributed by atoms with van der Waals surface area (Å²) >= 11 is 0. The molecule has 0 aliphatic heterocycles. The molecule has 0 heterocycles. The molecule has 2 nitrogen and oxygen atoms in total. The van der Waals surface area contributed by atoms with Crippen molar-refractivity contribution >= 4 is 0 Å². The fourth-order valence-corrected chi connectivity index (χ4v) is 2.27. The van der Waals surface area contributed by atoms with Crippen molar-refractivity contribution in [3.05, 3.63) is 11.6 Å². The molecule has 0 amide bonds. The third-order valence-electron chi connectivity index (χ3n) is 3.55. The SMILES string of the molecule is CC1=CC[C@H](C(C)CCNCCO)CC1. The Morgan fingerprint density at radius 2 is 2.33 bits per heavy atom. The maximum atomic E-state index is 8.64. The summed E-state index contributed by atoms with van der Waals surface area (Å²) in [6, 6.07) is 0. The Labute approximate surface area is 93.8 Å². The molecule has 1 aliphatic carbocycles. The van der Waals surface area contributed by atoms with Gasteiger partial charge < -0.3 is 10.4 Å². The van der Waals surface area contributed by atoms with Gasteiger partial charge >= 0.3 is 0 Å². The molecule has 0 aromatic rings. The highest BCUT2D eigenvalue weighted by molar-refractivity contribution is 5.03. The summed E-state index contributed by atoms with van der Waals surface area (Å²) in [5, 5.41) is 11.9. The van der Waals surface area contributed by atoms with Gasteiger partial charge in [0.15, 0.2) is 0 Å². The molecule has 1 rings (SSSR count). The summed E-state index contributed by atoms with van der Waals surface area (Å²) in [7, 11) is 0. The quantitative estimate of drug-likeness (QED) is 0.522. The van der Waals surface area contributed by atoms with Gasteiger partial charge in [0.25, 0.3) is 0 Å². The zero-order valence-electron chi connectivity index (χ0n) is 10.1. The van der Waals surface area contributed by atoms with Gasteiger partial charge in [-0.2, -0.15) is 0 Å². The van der Waals surface area contributed by atoms with E-state index in [-0.39, 0.29) is 6.61 Å². The van der Waals surface area contributed by atoms with Gasteiger partial charge in [-0.15, -0.1) is 0 Å². The Kier molecular flexibility index (Phi) is 5.96. The molecular weight excluding hydrogens is 186 g/mol. The van der Waals surface area contributed by atoms with Crippen LogP contribution in [0.5, 0.6) is 0 Å². The number of rotatable bonds is 6. The number of nitrogens with one attached hydrogen (secondary N) is 1. The summed E-state index contributed by atoms with van der Waals surface area (Å²) in [6.45, 7) is 6.63. The fraction of sp³-hybridized carbons (Fsp3) is 0.846. The summed E-state index contributed by atoms with van der Waals surface area (Å²) in [4.78, 5) is 0. The van der Waals surface area contributed by atoms with Crippen LogP contribution in [0.1, 0.15) is 39.5 Å². The standard InChI is InChI=1S/C13H25NO/c1-11-3-5-13(6-4-11)12(2)7-8-14-9-10-15/h3,12-15H,4-10H2,1-2H3/t12?,13-/m0/s1. The lowest BCUT2D eigenvalue weighted by molar-refractivity contribution is 0.279. The zero-order chi connectivity index (χ0) is 11.1. The molecule has 1 unspecified atom stereocenters. The van der Waals surface area contributed by atoms with Crippen molar-refractivity contribution in [3.8, 4) is 0 Å². The maximum absolute atomic E-state index is 8.64. The minimum absolute atomic E-state index is 0.250. The summed E-state index contributed by atoms with van der Waals surface area (Å²) in [5.41, 5.74) is 1.57. The van der Waals surface area contributed by atoms with Crippen LogP contribution >= 0.6 is 0 Å². The minimum atomic E-state index is 0.250. The molecule has 2 heteroatoms. The van der Waals surface area contributed by atoms with Crippen LogP contribution in [0.2, 0.25) is 0 Å². The topological polar surface area (TPSA) is 32.3 Å². The Balaban J connectivity index is 2.14. The van der Waals surface area contributed by atoms with Gasteiger partial charge in [0.05, 0.1) is 6.61 Å². The third kappa shape index (κ3) is 4.80. The van der Waals surface area contributed by atoms with Crippen molar-refractivity contribution in [2.75, 3.05) is 19.7 Å². The molecule has 1 aliphatic rings. The highest BCUT2D eigenvalue weighted by atomic mass is 16.3. The molecule has 15 heavy (non-hydrogen) atoms. The lowest BCUT2D eigenvalue weighted by atomic mass is 9.80. The molecule has 2 atom stereocenters. The van der Waals surface area contributed by atoms with Crippen LogP contribution in [0.25, 0.3) is 0 Å². The van der Waals surface area contributed by atoms with E-state index < -0.39 is 0 Å². The van der Waals surface area contributed by atoms with Crippen molar-refractivity contribution in [1.82, 2.24) is 5.32 Å². The van der Waals surface area contributed by atoms with Crippen molar-refractivity contribution in [2.45, 2.75) is 39.5 Å². The second kappa shape index (κ2) is 7.02. The summed E-state index contributed by atoms with van der Waals surface area (Å²) < 4.78 is 0. The van der Waals surface area contributed by atoms with E-state index in [2.05, 4.69) is 25.2 Å². The van der Waals surface area contributed by atoms with E-state index in [1.807, 2.05) is 0 Å². The first-order valence-electron chi connectivity index (χ1n) is 6.21. The minimum Gasteiger partial charge on any atom is -0.395 e. The summed E-state index contributed by atoms with van der Waals surface area (Å²) in [6.07, 6.45) is 7.57. The molecule has 0 spiro atoms. The number of aliphatic hydroxyl groups is 1. The van der Waals surface area contributed by atoms with Crippen LogP contribution in [0.4, 0.5) is 0 Å².